The number of nitrogens with two attached hydrogens (primary N) is 1. The number of carbonyl (C=O) groups excluding carboxylic acids is 1. The zero-order valence-electron chi connectivity index (χ0n) is 12.7. The van der Waals surface area contributed by atoms with Crippen molar-refractivity contribution >= 4 is 5.91 Å². The van der Waals surface area contributed by atoms with Crippen LogP contribution >= 0.6 is 0 Å². The molecule has 1 aliphatic heterocycles. The summed E-state index contributed by atoms with van der Waals surface area (Å²) in [6, 6.07) is 0.314. The molecule has 1 fully saturated rings. The predicted octanol–water partition coefficient (Wildman–Crippen LogP) is 1.76. The number of aliphatic hydroxyl groups excluding tert-OH is 1. The van der Waals surface area contributed by atoms with E-state index < -0.39 is 0 Å². The topological polar surface area (TPSA) is 66.6 Å². The molecular formula is C15H30N2O2. The molecule has 2 unspecified atom stereocenters. The fourth-order valence-corrected chi connectivity index (χ4v) is 3.00. The van der Waals surface area contributed by atoms with Crippen molar-refractivity contribution in [1.29, 1.82) is 0 Å². The van der Waals surface area contributed by atoms with Gasteiger partial charge in [-0.1, -0.05) is 20.8 Å². The molecule has 0 spiro atoms. The summed E-state index contributed by atoms with van der Waals surface area (Å²) in [5.41, 5.74) is 5.93. The monoisotopic (exact) mass is 270 g/mol. The number of hydrogen-bond donors (Lipinski definition) is 2. The lowest BCUT2D eigenvalue weighted by molar-refractivity contribution is -0.137. The first kappa shape index (κ1) is 16.4. The minimum absolute atomic E-state index is 0.0604. The maximum absolute atomic E-state index is 12.6. The SMILES string of the molecule is CC(C)(C)CC(CN)C(=O)N1CCCC1CCCO. The van der Waals surface area contributed by atoms with E-state index in [1.807, 2.05) is 4.90 Å². The molecular weight excluding hydrogens is 240 g/mol. The summed E-state index contributed by atoms with van der Waals surface area (Å²) in [4.78, 5) is 14.6. The first-order valence-electron chi connectivity index (χ1n) is 7.50. The van der Waals surface area contributed by atoms with Gasteiger partial charge in [0.15, 0.2) is 0 Å². The lowest BCUT2D eigenvalue weighted by atomic mass is 9.84. The van der Waals surface area contributed by atoms with Crippen LogP contribution in [0.25, 0.3) is 0 Å². The minimum Gasteiger partial charge on any atom is -0.396 e. The van der Waals surface area contributed by atoms with E-state index in [1.165, 1.54) is 0 Å². The molecule has 0 aliphatic carbocycles. The van der Waals surface area contributed by atoms with Gasteiger partial charge in [-0.15, -0.1) is 0 Å². The number of hydrogen-bond acceptors (Lipinski definition) is 3. The first-order valence-corrected chi connectivity index (χ1v) is 7.50. The van der Waals surface area contributed by atoms with Gasteiger partial charge in [-0.05, 0) is 37.5 Å². The van der Waals surface area contributed by atoms with Gasteiger partial charge in [-0.25, -0.2) is 0 Å². The number of amides is 1. The molecule has 0 aromatic carbocycles. The highest BCUT2D eigenvalue weighted by Crippen LogP contribution is 2.29. The molecule has 0 aromatic rings. The Bertz CT molecular complexity index is 286. The molecule has 1 amide bonds. The second kappa shape index (κ2) is 7.25. The van der Waals surface area contributed by atoms with Gasteiger partial charge in [0, 0.05) is 25.7 Å². The van der Waals surface area contributed by atoms with Crippen molar-refractivity contribution in [2.75, 3.05) is 19.7 Å². The van der Waals surface area contributed by atoms with Crippen LogP contribution in [0.2, 0.25) is 0 Å². The summed E-state index contributed by atoms with van der Waals surface area (Å²) in [6.45, 7) is 7.94. The average molecular weight is 270 g/mol. The number of likely N-dealkylation sites (tertiary alicyclic amines) is 1. The largest absolute Gasteiger partial charge is 0.396 e. The summed E-state index contributed by atoms with van der Waals surface area (Å²) in [6.07, 6.45) is 4.68. The predicted molar refractivity (Wildman–Crippen MR) is 77.7 cm³/mol. The Hall–Kier alpha value is -0.610. The van der Waals surface area contributed by atoms with Crippen molar-refractivity contribution < 1.29 is 9.90 Å². The van der Waals surface area contributed by atoms with Crippen molar-refractivity contribution in [2.45, 2.75) is 58.9 Å². The van der Waals surface area contributed by atoms with Gasteiger partial charge in [0.05, 0.1) is 5.92 Å². The maximum atomic E-state index is 12.6. The molecule has 4 nitrogen and oxygen atoms in total. The highest BCUT2D eigenvalue weighted by molar-refractivity contribution is 5.79. The first-order chi connectivity index (χ1) is 8.89. The third-order valence-corrected chi connectivity index (χ3v) is 3.85. The van der Waals surface area contributed by atoms with E-state index in [-0.39, 0.29) is 23.8 Å². The molecule has 19 heavy (non-hydrogen) atoms. The van der Waals surface area contributed by atoms with Gasteiger partial charge in [0.1, 0.15) is 0 Å². The van der Waals surface area contributed by atoms with E-state index in [2.05, 4.69) is 20.8 Å². The van der Waals surface area contributed by atoms with Crippen molar-refractivity contribution in [3.63, 3.8) is 0 Å². The van der Waals surface area contributed by atoms with Crippen LogP contribution in [0, 0.1) is 11.3 Å². The Labute approximate surface area is 117 Å². The number of aliphatic hydroxyl groups is 1. The molecule has 0 radical (unpaired) electrons. The zero-order valence-corrected chi connectivity index (χ0v) is 12.7. The molecule has 0 aromatic heterocycles. The fourth-order valence-electron chi connectivity index (χ4n) is 3.00. The zero-order chi connectivity index (χ0) is 14.5. The molecule has 112 valence electrons. The minimum atomic E-state index is -0.0604. The van der Waals surface area contributed by atoms with Gasteiger partial charge in [-0.2, -0.15) is 0 Å². The Morgan fingerprint density at radius 3 is 2.68 bits per heavy atom. The summed E-state index contributed by atoms with van der Waals surface area (Å²) in [7, 11) is 0. The average Bonchev–Trinajstić information content (AvgIpc) is 2.79. The Balaban J connectivity index is 2.62. The highest BCUT2D eigenvalue weighted by Gasteiger charge is 2.33. The molecule has 1 saturated heterocycles. The van der Waals surface area contributed by atoms with Crippen LogP contribution < -0.4 is 5.73 Å². The van der Waals surface area contributed by atoms with Gasteiger partial charge < -0.3 is 15.7 Å². The third kappa shape index (κ3) is 5.11. The van der Waals surface area contributed by atoms with Crippen LogP contribution in [0.1, 0.15) is 52.9 Å². The van der Waals surface area contributed by atoms with Crippen LogP contribution in [0.4, 0.5) is 0 Å². The standard InChI is InChI=1S/C15H30N2O2/c1-15(2,3)10-12(11-16)14(19)17-8-4-6-13(17)7-5-9-18/h12-13,18H,4-11,16H2,1-3H3. The quantitative estimate of drug-likeness (QED) is 0.773. The van der Waals surface area contributed by atoms with Gasteiger partial charge >= 0.3 is 0 Å². The molecule has 3 N–H and O–H groups in total. The van der Waals surface area contributed by atoms with Crippen LogP contribution in [0.3, 0.4) is 0 Å². The van der Waals surface area contributed by atoms with Crippen molar-refractivity contribution in [3.05, 3.63) is 0 Å². The molecule has 1 rings (SSSR count). The third-order valence-electron chi connectivity index (χ3n) is 3.85. The van der Waals surface area contributed by atoms with Gasteiger partial charge in [-0.3, -0.25) is 4.79 Å². The van der Waals surface area contributed by atoms with E-state index in [0.717, 1.165) is 38.6 Å². The van der Waals surface area contributed by atoms with Gasteiger partial charge in [0.25, 0.3) is 0 Å². The summed E-state index contributed by atoms with van der Waals surface area (Å²) >= 11 is 0. The van der Waals surface area contributed by atoms with Crippen molar-refractivity contribution in [1.82, 2.24) is 4.90 Å². The van der Waals surface area contributed by atoms with E-state index in [1.54, 1.807) is 0 Å². The second-order valence-corrected chi connectivity index (χ2v) is 6.89. The number of carbonyl (C=O) groups is 1. The van der Waals surface area contributed by atoms with E-state index >= 15 is 0 Å². The smallest absolute Gasteiger partial charge is 0.227 e. The molecule has 0 bridgehead atoms. The van der Waals surface area contributed by atoms with Crippen LogP contribution in [0.15, 0.2) is 0 Å². The fraction of sp³-hybridized carbons (Fsp3) is 0.933. The van der Waals surface area contributed by atoms with Crippen molar-refractivity contribution in [3.8, 4) is 0 Å². The molecule has 1 aliphatic rings. The van der Waals surface area contributed by atoms with Crippen LogP contribution in [0.5, 0.6) is 0 Å². The lowest BCUT2D eigenvalue weighted by Gasteiger charge is -2.31. The summed E-state index contributed by atoms with van der Waals surface area (Å²) in [5, 5.41) is 8.94. The Morgan fingerprint density at radius 2 is 2.16 bits per heavy atom. The molecule has 2 atom stereocenters. The summed E-state index contributed by atoms with van der Waals surface area (Å²) in [5.74, 6) is 0.160. The molecule has 0 saturated carbocycles. The normalized spacial score (nSPS) is 21.7. The van der Waals surface area contributed by atoms with E-state index in [4.69, 9.17) is 10.8 Å². The van der Waals surface area contributed by atoms with E-state index in [0.29, 0.717) is 12.6 Å². The highest BCUT2D eigenvalue weighted by atomic mass is 16.3. The maximum Gasteiger partial charge on any atom is 0.227 e. The van der Waals surface area contributed by atoms with Crippen LogP contribution in [-0.4, -0.2) is 41.7 Å². The van der Waals surface area contributed by atoms with Gasteiger partial charge in [0.2, 0.25) is 5.91 Å². The molecule has 4 heteroatoms. The summed E-state index contributed by atoms with van der Waals surface area (Å²) < 4.78 is 0. The van der Waals surface area contributed by atoms with Crippen LogP contribution in [-0.2, 0) is 4.79 Å². The number of rotatable bonds is 6. The van der Waals surface area contributed by atoms with E-state index in [9.17, 15) is 4.79 Å². The number of nitrogens with zero attached hydrogens (tertiary/aromatic N) is 1. The Morgan fingerprint density at radius 1 is 1.47 bits per heavy atom. The Kier molecular flexibility index (Phi) is 6.27. The lowest BCUT2D eigenvalue weighted by Crippen LogP contribution is -2.43. The second-order valence-electron chi connectivity index (χ2n) is 6.89. The van der Waals surface area contributed by atoms with Crippen molar-refractivity contribution in [2.24, 2.45) is 17.1 Å². The molecule has 1 heterocycles.